The van der Waals surface area contributed by atoms with E-state index in [1.54, 1.807) is 12.4 Å². The van der Waals surface area contributed by atoms with Crippen LogP contribution in [0.25, 0.3) is 11.3 Å². The highest BCUT2D eigenvalue weighted by Crippen LogP contribution is 2.25. The minimum absolute atomic E-state index is 0.0619. The third kappa shape index (κ3) is 4.19. The maximum absolute atomic E-state index is 12.7. The summed E-state index contributed by atoms with van der Waals surface area (Å²) in [7, 11) is 3.87. The molecule has 1 aromatic heterocycles. The molecule has 1 N–H and O–H groups in total. The fourth-order valence-corrected chi connectivity index (χ4v) is 3.31. The van der Waals surface area contributed by atoms with Crippen molar-refractivity contribution >= 4 is 11.7 Å². The zero-order valence-electron chi connectivity index (χ0n) is 17.0. The van der Waals surface area contributed by atoms with Gasteiger partial charge in [0.25, 0.3) is 5.91 Å². The molecule has 3 rings (SSSR count). The number of anilines is 1. The minimum atomic E-state index is -0.0917. The van der Waals surface area contributed by atoms with Crippen LogP contribution < -0.4 is 10.2 Å². The number of aromatic nitrogens is 2. The highest BCUT2D eigenvalue weighted by Gasteiger charge is 2.15. The van der Waals surface area contributed by atoms with Gasteiger partial charge in [-0.2, -0.15) is 0 Å². The second-order valence-electron chi connectivity index (χ2n) is 7.26. The van der Waals surface area contributed by atoms with Crippen molar-refractivity contribution in [2.75, 3.05) is 19.0 Å². The Morgan fingerprint density at radius 1 is 1.00 bits per heavy atom. The van der Waals surface area contributed by atoms with Crippen LogP contribution in [0.4, 0.5) is 5.82 Å². The lowest BCUT2D eigenvalue weighted by Gasteiger charge is -2.17. The van der Waals surface area contributed by atoms with Gasteiger partial charge >= 0.3 is 0 Å². The smallest absolute Gasteiger partial charge is 0.251 e. The van der Waals surface area contributed by atoms with Gasteiger partial charge in [-0.3, -0.25) is 9.78 Å². The molecule has 144 valence electrons. The number of carbonyl (C=O) groups excluding carboxylic acids is 1. The summed E-state index contributed by atoms with van der Waals surface area (Å²) in [5.74, 6) is 0.703. The molecule has 1 unspecified atom stereocenters. The predicted molar refractivity (Wildman–Crippen MR) is 114 cm³/mol. The highest BCUT2D eigenvalue weighted by atomic mass is 16.1. The Balaban J connectivity index is 1.77. The number of benzene rings is 2. The van der Waals surface area contributed by atoms with E-state index in [2.05, 4.69) is 47.3 Å². The van der Waals surface area contributed by atoms with Gasteiger partial charge in [0.15, 0.2) is 5.82 Å². The van der Waals surface area contributed by atoms with E-state index in [0.717, 1.165) is 22.6 Å². The minimum Gasteiger partial charge on any atom is -0.361 e. The monoisotopic (exact) mass is 374 g/mol. The second-order valence-corrected chi connectivity index (χ2v) is 7.26. The standard InChI is InChI=1S/C23H26N4O/c1-15-6-11-20(16(2)14-15)17(3)26-23(28)19-9-7-18(8-10-19)21-22(27(4)5)25-13-12-24-21/h6-14,17H,1-5H3,(H,26,28). The van der Waals surface area contributed by atoms with Gasteiger partial charge in [-0.25, -0.2) is 4.98 Å². The van der Waals surface area contributed by atoms with Gasteiger partial charge in [-0.15, -0.1) is 0 Å². The van der Waals surface area contributed by atoms with Gasteiger partial charge < -0.3 is 10.2 Å². The van der Waals surface area contributed by atoms with Crippen LogP contribution in [-0.4, -0.2) is 30.0 Å². The molecule has 0 aliphatic heterocycles. The SMILES string of the molecule is Cc1ccc(C(C)NC(=O)c2ccc(-c3nccnc3N(C)C)cc2)c(C)c1. The summed E-state index contributed by atoms with van der Waals surface area (Å²) in [5, 5.41) is 3.09. The molecule has 0 radical (unpaired) electrons. The Morgan fingerprint density at radius 3 is 2.32 bits per heavy atom. The summed E-state index contributed by atoms with van der Waals surface area (Å²) in [6, 6.07) is 13.7. The van der Waals surface area contributed by atoms with Gasteiger partial charge in [0, 0.05) is 37.6 Å². The lowest BCUT2D eigenvalue weighted by Crippen LogP contribution is -2.27. The first-order valence-electron chi connectivity index (χ1n) is 9.33. The number of hydrogen-bond donors (Lipinski definition) is 1. The first-order chi connectivity index (χ1) is 13.4. The molecule has 0 aliphatic rings. The molecule has 0 fully saturated rings. The first-order valence-corrected chi connectivity index (χ1v) is 9.33. The van der Waals surface area contributed by atoms with Crippen LogP contribution in [0.15, 0.2) is 54.9 Å². The Labute approximate surface area is 166 Å². The number of nitrogens with zero attached hydrogens (tertiary/aromatic N) is 3. The van der Waals surface area contributed by atoms with E-state index in [9.17, 15) is 4.79 Å². The van der Waals surface area contributed by atoms with Crippen molar-refractivity contribution in [1.82, 2.24) is 15.3 Å². The first kappa shape index (κ1) is 19.5. The maximum Gasteiger partial charge on any atom is 0.251 e. The average molecular weight is 374 g/mol. The summed E-state index contributed by atoms with van der Waals surface area (Å²) >= 11 is 0. The number of amides is 1. The molecule has 0 spiro atoms. The lowest BCUT2D eigenvalue weighted by atomic mass is 10.00. The number of hydrogen-bond acceptors (Lipinski definition) is 4. The fraction of sp³-hybridized carbons (Fsp3) is 0.261. The van der Waals surface area contributed by atoms with Gasteiger partial charge in [-0.05, 0) is 44.0 Å². The lowest BCUT2D eigenvalue weighted by molar-refractivity contribution is 0.0940. The number of aryl methyl sites for hydroxylation is 2. The Morgan fingerprint density at radius 2 is 1.68 bits per heavy atom. The van der Waals surface area contributed by atoms with Crippen molar-refractivity contribution in [1.29, 1.82) is 0 Å². The molecule has 5 heteroatoms. The molecule has 0 aliphatic carbocycles. The van der Waals surface area contributed by atoms with E-state index >= 15 is 0 Å². The largest absolute Gasteiger partial charge is 0.361 e. The molecule has 28 heavy (non-hydrogen) atoms. The van der Waals surface area contributed by atoms with Crippen molar-refractivity contribution in [3.05, 3.63) is 77.1 Å². The van der Waals surface area contributed by atoms with Crippen LogP contribution in [-0.2, 0) is 0 Å². The van der Waals surface area contributed by atoms with Crippen LogP contribution in [0.5, 0.6) is 0 Å². The molecule has 0 saturated heterocycles. The molecular weight excluding hydrogens is 348 g/mol. The molecule has 0 bridgehead atoms. The molecule has 1 heterocycles. The van der Waals surface area contributed by atoms with Gasteiger partial charge in [-0.1, -0.05) is 35.9 Å². The van der Waals surface area contributed by atoms with Crippen LogP contribution >= 0.6 is 0 Å². The van der Waals surface area contributed by atoms with Gasteiger partial charge in [0.05, 0.1) is 6.04 Å². The van der Waals surface area contributed by atoms with E-state index in [1.807, 2.05) is 50.2 Å². The second kappa shape index (κ2) is 8.21. The molecule has 0 saturated carbocycles. The van der Waals surface area contributed by atoms with E-state index in [-0.39, 0.29) is 11.9 Å². The zero-order chi connectivity index (χ0) is 20.3. The Hall–Kier alpha value is -3.21. The third-order valence-electron chi connectivity index (χ3n) is 4.76. The fourth-order valence-electron chi connectivity index (χ4n) is 3.31. The molecule has 1 amide bonds. The normalized spacial score (nSPS) is 11.8. The van der Waals surface area contributed by atoms with E-state index < -0.39 is 0 Å². The molecule has 3 aromatic rings. The van der Waals surface area contributed by atoms with E-state index in [1.165, 1.54) is 11.1 Å². The molecular formula is C23H26N4O. The van der Waals surface area contributed by atoms with Crippen LogP contribution in [0.3, 0.4) is 0 Å². The third-order valence-corrected chi connectivity index (χ3v) is 4.76. The van der Waals surface area contributed by atoms with Crippen LogP contribution in [0.1, 0.15) is 40.0 Å². The van der Waals surface area contributed by atoms with Crippen LogP contribution in [0, 0.1) is 13.8 Å². The summed E-state index contributed by atoms with van der Waals surface area (Å²) < 4.78 is 0. The van der Waals surface area contributed by atoms with Crippen LogP contribution in [0.2, 0.25) is 0 Å². The number of rotatable bonds is 5. The molecule has 2 aromatic carbocycles. The van der Waals surface area contributed by atoms with Crippen molar-refractivity contribution in [3.8, 4) is 11.3 Å². The van der Waals surface area contributed by atoms with Crippen molar-refractivity contribution in [2.24, 2.45) is 0 Å². The summed E-state index contributed by atoms with van der Waals surface area (Å²) in [6.07, 6.45) is 3.35. The Kier molecular flexibility index (Phi) is 5.73. The topological polar surface area (TPSA) is 58.1 Å². The van der Waals surface area contributed by atoms with Crippen molar-refractivity contribution < 1.29 is 4.79 Å². The molecule has 5 nitrogen and oxygen atoms in total. The van der Waals surface area contributed by atoms with E-state index in [4.69, 9.17) is 0 Å². The highest BCUT2D eigenvalue weighted by molar-refractivity contribution is 5.95. The summed E-state index contributed by atoms with van der Waals surface area (Å²) in [6.45, 7) is 6.15. The summed E-state index contributed by atoms with van der Waals surface area (Å²) in [4.78, 5) is 23.4. The average Bonchev–Trinajstić information content (AvgIpc) is 2.68. The van der Waals surface area contributed by atoms with Crippen molar-refractivity contribution in [3.63, 3.8) is 0 Å². The number of carbonyl (C=O) groups is 1. The number of nitrogens with one attached hydrogen (secondary N) is 1. The zero-order valence-corrected chi connectivity index (χ0v) is 17.0. The van der Waals surface area contributed by atoms with Crippen molar-refractivity contribution in [2.45, 2.75) is 26.8 Å². The summed E-state index contributed by atoms with van der Waals surface area (Å²) in [5.41, 5.74) is 5.87. The maximum atomic E-state index is 12.7. The Bertz CT molecular complexity index is 980. The van der Waals surface area contributed by atoms with Gasteiger partial charge in [0.2, 0.25) is 0 Å². The predicted octanol–water partition coefficient (Wildman–Crippen LogP) is 4.32. The quantitative estimate of drug-likeness (QED) is 0.723. The molecule has 1 atom stereocenters. The van der Waals surface area contributed by atoms with E-state index in [0.29, 0.717) is 5.56 Å². The van der Waals surface area contributed by atoms with Gasteiger partial charge in [0.1, 0.15) is 5.69 Å².